The molecule has 1 atom stereocenters. The zero-order valence-corrected chi connectivity index (χ0v) is 14.5. The maximum absolute atomic E-state index is 11.9. The van der Waals surface area contributed by atoms with Crippen LogP contribution in [0.5, 0.6) is 0 Å². The number of hydrogen-bond donors (Lipinski definition) is 2. The highest BCUT2D eigenvalue weighted by atomic mass is 32.1. The van der Waals surface area contributed by atoms with Crippen molar-refractivity contribution >= 4 is 23.1 Å². The average Bonchev–Trinajstić information content (AvgIpc) is 3.27. The van der Waals surface area contributed by atoms with Crippen molar-refractivity contribution in [3.05, 3.63) is 40.7 Å². The van der Waals surface area contributed by atoms with Crippen molar-refractivity contribution in [1.82, 2.24) is 20.8 Å². The molecule has 0 aromatic carbocycles. The average molecular weight is 345 g/mol. The molecule has 0 unspecified atom stereocenters. The maximum atomic E-state index is 11.9. The molecule has 1 amide bonds. The van der Waals surface area contributed by atoms with Gasteiger partial charge >= 0.3 is 0 Å². The van der Waals surface area contributed by atoms with E-state index in [1.807, 2.05) is 12.1 Å². The van der Waals surface area contributed by atoms with Gasteiger partial charge in [-0.3, -0.25) is 4.79 Å². The molecule has 7 heteroatoms. The van der Waals surface area contributed by atoms with E-state index in [4.69, 9.17) is 0 Å². The molecule has 1 aliphatic heterocycles. The summed E-state index contributed by atoms with van der Waals surface area (Å²) in [6.07, 6.45) is 4.84. The van der Waals surface area contributed by atoms with Crippen LogP contribution in [0.3, 0.4) is 0 Å². The van der Waals surface area contributed by atoms with Crippen LogP contribution in [0.15, 0.2) is 35.2 Å². The number of nitrogens with one attached hydrogen (secondary N) is 2. The normalized spacial score (nSPS) is 17.2. The molecule has 1 saturated heterocycles. The van der Waals surface area contributed by atoms with E-state index in [-0.39, 0.29) is 5.91 Å². The molecule has 24 heavy (non-hydrogen) atoms. The van der Waals surface area contributed by atoms with Gasteiger partial charge in [-0.15, -0.1) is 5.10 Å². The number of anilines is 1. The van der Waals surface area contributed by atoms with Gasteiger partial charge in [-0.25, -0.2) is 0 Å². The molecule has 3 rings (SSSR count). The first-order chi connectivity index (χ1) is 11.8. The molecule has 1 aliphatic rings. The van der Waals surface area contributed by atoms with E-state index in [9.17, 15) is 4.79 Å². The minimum Gasteiger partial charge on any atom is -0.355 e. The van der Waals surface area contributed by atoms with Gasteiger partial charge in [0.25, 0.3) is 0 Å². The van der Waals surface area contributed by atoms with Gasteiger partial charge in [0.05, 0.1) is 6.54 Å². The zero-order valence-electron chi connectivity index (χ0n) is 13.6. The zero-order chi connectivity index (χ0) is 16.6. The van der Waals surface area contributed by atoms with Crippen LogP contribution in [0.2, 0.25) is 0 Å². The SMILES string of the molecule is O=C(CNC[C@@H]1CCCN1c1cccnn1)NCCc1ccsc1. The van der Waals surface area contributed by atoms with Crippen molar-refractivity contribution < 1.29 is 4.79 Å². The second kappa shape index (κ2) is 8.75. The van der Waals surface area contributed by atoms with Gasteiger partial charge in [0, 0.05) is 31.9 Å². The van der Waals surface area contributed by atoms with Crippen LogP contribution in [-0.4, -0.2) is 48.3 Å². The van der Waals surface area contributed by atoms with E-state index < -0.39 is 0 Å². The maximum Gasteiger partial charge on any atom is 0.233 e. The Balaban J connectivity index is 1.35. The Morgan fingerprint density at radius 3 is 3.17 bits per heavy atom. The smallest absolute Gasteiger partial charge is 0.233 e. The van der Waals surface area contributed by atoms with E-state index in [0.717, 1.165) is 38.2 Å². The fraction of sp³-hybridized carbons (Fsp3) is 0.471. The van der Waals surface area contributed by atoms with Crippen molar-refractivity contribution in [2.45, 2.75) is 25.3 Å². The van der Waals surface area contributed by atoms with Crippen LogP contribution in [0, 0.1) is 0 Å². The molecule has 2 aromatic heterocycles. The number of aromatic nitrogens is 2. The number of rotatable bonds is 8. The Labute approximate surface area is 146 Å². The molecule has 6 nitrogen and oxygen atoms in total. The third kappa shape index (κ3) is 4.75. The highest BCUT2D eigenvalue weighted by Crippen LogP contribution is 2.22. The largest absolute Gasteiger partial charge is 0.355 e. The summed E-state index contributed by atoms with van der Waals surface area (Å²) in [7, 11) is 0. The van der Waals surface area contributed by atoms with Crippen LogP contribution in [0.1, 0.15) is 18.4 Å². The summed E-state index contributed by atoms with van der Waals surface area (Å²) in [5.41, 5.74) is 1.28. The van der Waals surface area contributed by atoms with Crippen molar-refractivity contribution in [3.63, 3.8) is 0 Å². The number of amides is 1. The van der Waals surface area contributed by atoms with Crippen LogP contribution in [0.25, 0.3) is 0 Å². The van der Waals surface area contributed by atoms with Gasteiger partial charge in [0.15, 0.2) is 5.82 Å². The summed E-state index contributed by atoms with van der Waals surface area (Å²) in [4.78, 5) is 14.2. The summed E-state index contributed by atoms with van der Waals surface area (Å²) >= 11 is 1.69. The molecular weight excluding hydrogens is 322 g/mol. The lowest BCUT2D eigenvalue weighted by molar-refractivity contribution is -0.120. The summed E-state index contributed by atoms with van der Waals surface area (Å²) in [5.74, 6) is 0.969. The van der Waals surface area contributed by atoms with E-state index in [1.165, 1.54) is 5.56 Å². The molecule has 0 saturated carbocycles. The standard InChI is InChI=1S/C17H23N5OS/c23-17(19-8-5-14-6-10-24-13-14)12-18-11-15-3-2-9-22(15)16-4-1-7-20-21-16/h1,4,6-7,10,13,15,18H,2-3,5,8-9,11-12H2,(H,19,23)/t15-/m0/s1. The molecule has 0 bridgehead atoms. The molecule has 0 radical (unpaired) electrons. The van der Waals surface area contributed by atoms with E-state index >= 15 is 0 Å². The Morgan fingerprint density at radius 2 is 2.38 bits per heavy atom. The van der Waals surface area contributed by atoms with Crippen molar-refractivity contribution in [1.29, 1.82) is 0 Å². The summed E-state index contributed by atoms with van der Waals surface area (Å²) < 4.78 is 0. The second-order valence-electron chi connectivity index (χ2n) is 5.93. The fourth-order valence-electron chi connectivity index (χ4n) is 2.99. The molecule has 1 fully saturated rings. The van der Waals surface area contributed by atoms with Crippen molar-refractivity contribution in [3.8, 4) is 0 Å². The van der Waals surface area contributed by atoms with Gasteiger partial charge in [-0.05, 0) is 53.8 Å². The Hall–Kier alpha value is -1.99. The third-order valence-electron chi connectivity index (χ3n) is 4.21. The van der Waals surface area contributed by atoms with Crippen molar-refractivity contribution in [2.24, 2.45) is 0 Å². The lowest BCUT2D eigenvalue weighted by Gasteiger charge is -2.25. The highest BCUT2D eigenvalue weighted by Gasteiger charge is 2.25. The number of carbonyl (C=O) groups excluding carboxylic acids is 1. The predicted octanol–water partition coefficient (Wildman–Crippen LogP) is 1.46. The van der Waals surface area contributed by atoms with Crippen LogP contribution in [0.4, 0.5) is 5.82 Å². The Bertz CT molecular complexity index is 619. The number of hydrogen-bond acceptors (Lipinski definition) is 6. The lowest BCUT2D eigenvalue weighted by atomic mass is 10.2. The van der Waals surface area contributed by atoms with Crippen LogP contribution < -0.4 is 15.5 Å². The molecule has 2 N–H and O–H groups in total. The first-order valence-corrected chi connectivity index (χ1v) is 9.30. The van der Waals surface area contributed by atoms with Gasteiger partial charge in [-0.1, -0.05) is 0 Å². The molecular formula is C17H23N5OS. The first-order valence-electron chi connectivity index (χ1n) is 8.36. The second-order valence-corrected chi connectivity index (χ2v) is 6.71. The summed E-state index contributed by atoms with van der Waals surface area (Å²) in [6.45, 7) is 2.83. The minimum atomic E-state index is 0.0503. The van der Waals surface area contributed by atoms with E-state index in [1.54, 1.807) is 17.5 Å². The number of carbonyl (C=O) groups is 1. The first kappa shape index (κ1) is 16.9. The molecule has 2 aromatic rings. The highest BCUT2D eigenvalue weighted by molar-refractivity contribution is 7.07. The molecule has 128 valence electrons. The predicted molar refractivity (Wildman–Crippen MR) is 96.3 cm³/mol. The lowest BCUT2D eigenvalue weighted by Crippen LogP contribution is -2.42. The Morgan fingerprint density at radius 1 is 1.42 bits per heavy atom. The molecule has 0 spiro atoms. The van der Waals surface area contributed by atoms with Gasteiger partial charge in [0.2, 0.25) is 5.91 Å². The van der Waals surface area contributed by atoms with Crippen LogP contribution in [-0.2, 0) is 11.2 Å². The van der Waals surface area contributed by atoms with E-state index in [0.29, 0.717) is 19.1 Å². The summed E-state index contributed by atoms with van der Waals surface area (Å²) in [6, 6.07) is 6.37. The fourth-order valence-corrected chi connectivity index (χ4v) is 3.70. The topological polar surface area (TPSA) is 70.2 Å². The number of nitrogens with zero attached hydrogens (tertiary/aromatic N) is 3. The van der Waals surface area contributed by atoms with Gasteiger partial charge < -0.3 is 15.5 Å². The van der Waals surface area contributed by atoms with Crippen molar-refractivity contribution in [2.75, 3.05) is 31.1 Å². The van der Waals surface area contributed by atoms with E-state index in [2.05, 4.69) is 42.6 Å². The summed E-state index contributed by atoms with van der Waals surface area (Å²) in [5, 5.41) is 18.5. The monoisotopic (exact) mass is 345 g/mol. The molecule has 3 heterocycles. The third-order valence-corrected chi connectivity index (χ3v) is 4.94. The van der Waals surface area contributed by atoms with Gasteiger partial charge in [0.1, 0.15) is 0 Å². The molecule has 0 aliphatic carbocycles. The van der Waals surface area contributed by atoms with Gasteiger partial charge in [-0.2, -0.15) is 16.4 Å². The quantitative estimate of drug-likeness (QED) is 0.758. The number of thiophene rings is 1. The Kier molecular flexibility index (Phi) is 6.14. The van der Waals surface area contributed by atoms with Crippen LogP contribution >= 0.6 is 11.3 Å². The minimum absolute atomic E-state index is 0.0503.